The van der Waals surface area contributed by atoms with Crippen LogP contribution in [0.1, 0.15) is 52.4 Å². The zero-order chi connectivity index (χ0) is 15.7. The molecule has 0 aromatic rings. The van der Waals surface area contributed by atoms with Gasteiger partial charge in [0.05, 0.1) is 0 Å². The Labute approximate surface area is 125 Å². The maximum atomic E-state index is 9.19. The van der Waals surface area contributed by atoms with E-state index in [1.54, 1.807) is 40.6 Å². The van der Waals surface area contributed by atoms with Crippen molar-refractivity contribution in [2.45, 2.75) is 58.4 Å². The van der Waals surface area contributed by atoms with Crippen molar-refractivity contribution in [1.82, 2.24) is 0 Å². The first-order valence-corrected chi connectivity index (χ1v) is 9.23. The molecule has 0 rings (SSSR count). The van der Waals surface area contributed by atoms with E-state index in [-0.39, 0.29) is 0 Å². The van der Waals surface area contributed by atoms with E-state index >= 15 is 0 Å². The fourth-order valence-corrected chi connectivity index (χ4v) is 3.54. The normalized spacial score (nSPS) is 11.2. The average molecular weight is 303 g/mol. The Hall–Kier alpha value is -0.493. The molecule has 1 radical (unpaired) electrons. The molecule has 0 aliphatic rings. The Morgan fingerprint density at radius 3 is 1.80 bits per heavy atom. The second-order valence-electron chi connectivity index (χ2n) is 4.43. The van der Waals surface area contributed by atoms with Crippen LogP contribution in [-0.4, -0.2) is 36.4 Å². The molecule has 20 heavy (non-hydrogen) atoms. The summed E-state index contributed by atoms with van der Waals surface area (Å²) in [5.41, 5.74) is 0. The molecule has 0 aliphatic heterocycles. The molecule has 0 saturated carbocycles. The summed E-state index contributed by atoms with van der Waals surface area (Å²) in [7, 11) is 2.74. The Morgan fingerprint density at radius 1 is 0.950 bits per heavy atom. The second-order valence-corrected chi connectivity index (χ2v) is 7.52. The molecule has 5 heteroatoms. The summed E-state index contributed by atoms with van der Waals surface area (Å²) in [6, 6.07) is 0.933. The van der Waals surface area contributed by atoms with Crippen LogP contribution < -0.4 is 0 Å². The van der Waals surface area contributed by atoms with Gasteiger partial charge in [-0.15, -0.1) is 0 Å². The molecule has 0 spiro atoms. The fourth-order valence-electron chi connectivity index (χ4n) is 1.75. The van der Waals surface area contributed by atoms with Crippen molar-refractivity contribution >= 4 is 15.1 Å². The molecule has 0 N–H and O–H groups in total. The van der Waals surface area contributed by atoms with Crippen molar-refractivity contribution in [3.05, 3.63) is 12.2 Å². The quantitative estimate of drug-likeness (QED) is 0.330. The molecule has 0 aromatic carbocycles. The summed E-state index contributed by atoms with van der Waals surface area (Å²) in [5.74, 6) is 0. The maximum absolute atomic E-state index is 9.19. The number of hydrogen-bond acceptors (Lipinski definition) is 4. The van der Waals surface area contributed by atoms with E-state index in [4.69, 9.17) is 13.3 Å². The lowest BCUT2D eigenvalue weighted by Crippen LogP contribution is -2.42. The highest BCUT2D eigenvalue weighted by Gasteiger charge is 2.36. The molecular weight excluding hydrogens is 272 g/mol. The topological polar surface area (TPSA) is 44.8 Å². The van der Waals surface area contributed by atoms with E-state index in [1.807, 2.05) is 0 Å². The monoisotopic (exact) mass is 303 g/mol. The highest BCUT2D eigenvalue weighted by atomic mass is 28.4. The van der Waals surface area contributed by atoms with Gasteiger partial charge in [0.1, 0.15) is 0 Å². The van der Waals surface area contributed by atoms with E-state index in [0.29, 0.717) is 0 Å². The lowest BCUT2D eigenvalue weighted by atomic mass is 10.1. The molecule has 0 unspecified atom stereocenters. The summed E-state index contributed by atoms with van der Waals surface area (Å²) in [6.45, 7) is 4.00. The van der Waals surface area contributed by atoms with Gasteiger partial charge in [-0.1, -0.05) is 45.1 Å². The van der Waals surface area contributed by atoms with Crippen LogP contribution >= 0.6 is 0 Å². The molecule has 0 bridgehead atoms. The van der Waals surface area contributed by atoms with Gasteiger partial charge in [-0.05, 0) is 19.4 Å². The minimum Gasteiger partial charge on any atom is -0.377 e. The van der Waals surface area contributed by atoms with Gasteiger partial charge < -0.3 is 13.3 Å². The lowest BCUT2D eigenvalue weighted by molar-refractivity contribution is 0.122. The molecule has 0 fully saturated rings. The zero-order valence-electron chi connectivity index (χ0n) is 13.7. The molecule has 0 aliphatic carbocycles. The van der Waals surface area contributed by atoms with Gasteiger partial charge >= 0.3 is 8.80 Å². The van der Waals surface area contributed by atoms with Crippen LogP contribution in [0.3, 0.4) is 0 Å². The summed E-state index contributed by atoms with van der Waals surface area (Å²) in [5, 5.41) is 0. The Bertz CT molecular complexity index is 220. The minimum atomic E-state index is -2.29. The van der Waals surface area contributed by atoms with Crippen LogP contribution in [0.15, 0.2) is 12.2 Å². The standard InChI is InChI=1S/C11H26O3Si.C4H5O/c1-5-6-7-8-9-10-11-15(12-2,13-3)14-4;1-2-3-4-5/h5-11H2,1-4H3;2-3H,1H3. The third-order valence-electron chi connectivity index (χ3n) is 3.00. The van der Waals surface area contributed by atoms with Gasteiger partial charge in [0, 0.05) is 27.4 Å². The smallest absolute Gasteiger partial charge is 0.377 e. The summed E-state index contributed by atoms with van der Waals surface area (Å²) in [4.78, 5) is 9.19. The van der Waals surface area contributed by atoms with Crippen molar-refractivity contribution in [3.63, 3.8) is 0 Å². The molecule has 0 amide bonds. The fraction of sp³-hybridized carbons (Fsp3) is 0.800. The SMILES string of the molecule is CC=C[C]=O.CCCCCCCC[Si](OC)(OC)OC. The predicted molar refractivity (Wildman–Crippen MR) is 85.5 cm³/mol. The second kappa shape index (κ2) is 16.6. The van der Waals surface area contributed by atoms with E-state index in [2.05, 4.69) is 6.92 Å². The van der Waals surface area contributed by atoms with Crippen molar-refractivity contribution in [2.24, 2.45) is 0 Å². The number of unbranched alkanes of at least 4 members (excludes halogenated alkanes) is 5. The zero-order valence-corrected chi connectivity index (χ0v) is 14.7. The van der Waals surface area contributed by atoms with Crippen molar-refractivity contribution in [3.8, 4) is 0 Å². The molecule has 119 valence electrons. The number of rotatable bonds is 11. The van der Waals surface area contributed by atoms with Gasteiger partial charge in [-0.3, -0.25) is 4.79 Å². The summed E-state index contributed by atoms with van der Waals surface area (Å²) in [6.07, 6.45) is 12.2. The Kier molecular flexibility index (Phi) is 18.1. The van der Waals surface area contributed by atoms with Gasteiger partial charge in [0.15, 0.2) is 0 Å². The molecular formula is C15H31O4Si. The molecule has 0 aromatic heterocycles. The van der Waals surface area contributed by atoms with E-state index < -0.39 is 8.80 Å². The summed E-state index contributed by atoms with van der Waals surface area (Å²) < 4.78 is 16.1. The van der Waals surface area contributed by atoms with Gasteiger partial charge in [-0.2, -0.15) is 0 Å². The summed E-state index contributed by atoms with van der Waals surface area (Å²) >= 11 is 0. The van der Waals surface area contributed by atoms with Crippen molar-refractivity contribution in [1.29, 1.82) is 0 Å². The maximum Gasteiger partial charge on any atom is 0.500 e. The third-order valence-corrected chi connectivity index (χ3v) is 5.84. The number of allylic oxidation sites excluding steroid dienone is 2. The van der Waals surface area contributed by atoms with Gasteiger partial charge in [0.2, 0.25) is 6.29 Å². The van der Waals surface area contributed by atoms with Crippen molar-refractivity contribution < 1.29 is 18.1 Å². The Morgan fingerprint density at radius 2 is 1.45 bits per heavy atom. The van der Waals surface area contributed by atoms with Crippen LogP contribution in [0.4, 0.5) is 0 Å². The number of carbonyl (C=O) groups excluding carboxylic acids is 1. The van der Waals surface area contributed by atoms with Crippen molar-refractivity contribution in [2.75, 3.05) is 21.3 Å². The molecule has 4 nitrogen and oxygen atoms in total. The van der Waals surface area contributed by atoms with Crippen LogP contribution in [0, 0.1) is 0 Å². The van der Waals surface area contributed by atoms with Crippen LogP contribution in [0.25, 0.3) is 0 Å². The average Bonchev–Trinajstić information content (AvgIpc) is 2.49. The van der Waals surface area contributed by atoms with E-state index in [9.17, 15) is 4.79 Å². The largest absolute Gasteiger partial charge is 0.500 e. The predicted octanol–water partition coefficient (Wildman–Crippen LogP) is 3.90. The first-order chi connectivity index (χ1) is 9.66. The number of hydrogen-bond donors (Lipinski definition) is 0. The van der Waals surface area contributed by atoms with Crippen LogP contribution in [-0.2, 0) is 18.1 Å². The Balaban J connectivity index is 0. The van der Waals surface area contributed by atoms with Gasteiger partial charge in [-0.25, -0.2) is 0 Å². The highest BCUT2D eigenvalue weighted by Crippen LogP contribution is 2.17. The van der Waals surface area contributed by atoms with E-state index in [0.717, 1.165) is 12.5 Å². The minimum absolute atomic E-state index is 0.933. The first kappa shape index (κ1) is 21.8. The van der Waals surface area contributed by atoms with Crippen LogP contribution in [0.2, 0.25) is 6.04 Å². The molecule has 0 saturated heterocycles. The first-order valence-electron chi connectivity index (χ1n) is 7.30. The van der Waals surface area contributed by atoms with E-state index in [1.165, 1.54) is 38.2 Å². The molecule has 0 heterocycles. The van der Waals surface area contributed by atoms with Gasteiger partial charge in [0.25, 0.3) is 0 Å². The van der Waals surface area contributed by atoms with Crippen LogP contribution in [0.5, 0.6) is 0 Å². The lowest BCUT2D eigenvalue weighted by Gasteiger charge is -2.24. The highest BCUT2D eigenvalue weighted by molar-refractivity contribution is 6.60. The third kappa shape index (κ3) is 12.5. The molecule has 0 atom stereocenters.